The van der Waals surface area contributed by atoms with Gasteiger partial charge in [0, 0.05) is 12.0 Å². The first-order chi connectivity index (χ1) is 14.3. The van der Waals surface area contributed by atoms with Gasteiger partial charge in [0.05, 0.1) is 0 Å². The highest BCUT2D eigenvalue weighted by molar-refractivity contribution is 5.96. The normalized spacial score (nSPS) is 11.1. The summed E-state index contributed by atoms with van der Waals surface area (Å²) in [7, 11) is 0. The summed E-state index contributed by atoms with van der Waals surface area (Å²) < 4.78 is 18.0. The van der Waals surface area contributed by atoms with Crippen LogP contribution >= 0.6 is 0 Å². The van der Waals surface area contributed by atoms with Crippen molar-refractivity contribution in [3.8, 4) is 0 Å². The summed E-state index contributed by atoms with van der Waals surface area (Å²) in [6, 6.07) is 12.4. The van der Waals surface area contributed by atoms with Crippen molar-refractivity contribution < 1.29 is 28.3 Å². The van der Waals surface area contributed by atoms with Crippen molar-refractivity contribution in [2.75, 3.05) is 0 Å². The predicted molar refractivity (Wildman–Crippen MR) is 104 cm³/mol. The molecule has 0 fully saturated rings. The molecule has 0 aliphatic carbocycles. The van der Waals surface area contributed by atoms with Gasteiger partial charge in [-0.1, -0.05) is 30.3 Å². The topological polar surface area (TPSA) is 140 Å². The highest BCUT2D eigenvalue weighted by atomic mass is 19.1. The highest BCUT2D eigenvalue weighted by Crippen LogP contribution is 2.04. The first-order valence-electron chi connectivity index (χ1n) is 8.96. The summed E-state index contributed by atoms with van der Waals surface area (Å²) in [6.45, 7) is -0.0157. The van der Waals surface area contributed by atoms with Crippen molar-refractivity contribution >= 4 is 23.8 Å². The molecular weight excluding hydrogens is 395 g/mol. The molecule has 9 nitrogen and oxygen atoms in total. The minimum absolute atomic E-state index is 0.0157. The van der Waals surface area contributed by atoms with Crippen LogP contribution in [0.2, 0.25) is 0 Å². The van der Waals surface area contributed by atoms with Gasteiger partial charge in [-0.05, 0) is 36.2 Å². The fraction of sp³-hybridized carbons (Fsp3) is 0.200. The first kappa shape index (κ1) is 22.3. The minimum Gasteiger partial charge on any atom is -0.445 e. The SMILES string of the molecule is NC(=O)CC[C@H](NC(=O)OCc1ccccc1)C(=O)NNC(=O)c1ccc(F)cc1. The molecule has 2 aromatic carbocycles. The minimum atomic E-state index is -1.19. The zero-order chi connectivity index (χ0) is 21.9. The third kappa shape index (κ3) is 7.58. The molecule has 0 aliphatic heterocycles. The lowest BCUT2D eigenvalue weighted by atomic mass is 10.1. The molecule has 0 bridgehead atoms. The van der Waals surface area contributed by atoms with Gasteiger partial charge in [0.25, 0.3) is 11.8 Å². The lowest BCUT2D eigenvalue weighted by molar-refractivity contribution is -0.124. The van der Waals surface area contributed by atoms with Crippen LogP contribution in [-0.4, -0.2) is 29.9 Å². The Kier molecular flexibility index (Phi) is 8.30. The molecule has 4 amide bonds. The molecule has 0 heterocycles. The van der Waals surface area contributed by atoms with Crippen LogP contribution in [0.4, 0.5) is 9.18 Å². The third-order valence-electron chi connectivity index (χ3n) is 3.91. The van der Waals surface area contributed by atoms with Crippen LogP contribution in [0.1, 0.15) is 28.8 Å². The van der Waals surface area contributed by atoms with Gasteiger partial charge in [-0.2, -0.15) is 0 Å². The van der Waals surface area contributed by atoms with Gasteiger partial charge >= 0.3 is 6.09 Å². The molecule has 0 aliphatic rings. The van der Waals surface area contributed by atoms with Gasteiger partial charge < -0.3 is 15.8 Å². The Morgan fingerprint density at radius 1 is 0.967 bits per heavy atom. The van der Waals surface area contributed by atoms with Crippen molar-refractivity contribution in [1.29, 1.82) is 0 Å². The average Bonchev–Trinajstić information content (AvgIpc) is 2.74. The largest absolute Gasteiger partial charge is 0.445 e. The molecule has 2 aromatic rings. The fourth-order valence-electron chi connectivity index (χ4n) is 2.34. The van der Waals surface area contributed by atoms with Crippen molar-refractivity contribution in [3.05, 3.63) is 71.5 Å². The number of rotatable bonds is 8. The van der Waals surface area contributed by atoms with E-state index in [0.717, 1.165) is 17.7 Å². The maximum Gasteiger partial charge on any atom is 0.408 e. The van der Waals surface area contributed by atoms with Crippen LogP contribution < -0.4 is 21.9 Å². The zero-order valence-corrected chi connectivity index (χ0v) is 15.9. The van der Waals surface area contributed by atoms with E-state index >= 15 is 0 Å². The maximum absolute atomic E-state index is 12.9. The number of ether oxygens (including phenoxy) is 1. The number of hydrogen-bond donors (Lipinski definition) is 4. The molecule has 0 spiro atoms. The second kappa shape index (κ2) is 11.1. The van der Waals surface area contributed by atoms with Crippen LogP contribution in [0, 0.1) is 5.82 Å². The number of carbonyl (C=O) groups excluding carboxylic acids is 4. The Morgan fingerprint density at radius 3 is 2.27 bits per heavy atom. The van der Waals surface area contributed by atoms with E-state index in [1.807, 2.05) is 6.07 Å². The van der Waals surface area contributed by atoms with Crippen LogP contribution in [0.5, 0.6) is 0 Å². The second-order valence-corrected chi connectivity index (χ2v) is 6.21. The van der Waals surface area contributed by atoms with E-state index in [9.17, 15) is 23.6 Å². The molecule has 0 unspecified atom stereocenters. The van der Waals surface area contributed by atoms with E-state index in [-0.39, 0.29) is 25.0 Å². The summed E-state index contributed by atoms with van der Waals surface area (Å²) in [5, 5.41) is 2.33. The molecule has 2 rings (SSSR count). The van der Waals surface area contributed by atoms with Gasteiger partial charge in [0.15, 0.2) is 0 Å². The van der Waals surface area contributed by atoms with Crippen molar-refractivity contribution in [2.45, 2.75) is 25.5 Å². The van der Waals surface area contributed by atoms with Crippen LogP contribution in [0.25, 0.3) is 0 Å². The zero-order valence-electron chi connectivity index (χ0n) is 15.9. The summed E-state index contributed by atoms with van der Waals surface area (Å²) in [5.41, 5.74) is 10.3. The molecule has 0 saturated heterocycles. The summed E-state index contributed by atoms with van der Waals surface area (Å²) in [6.07, 6.45) is -1.16. The van der Waals surface area contributed by atoms with Crippen LogP contribution in [0.3, 0.4) is 0 Å². The van der Waals surface area contributed by atoms with Gasteiger partial charge in [-0.25, -0.2) is 9.18 Å². The van der Waals surface area contributed by atoms with Gasteiger partial charge in [0.1, 0.15) is 18.5 Å². The first-order valence-corrected chi connectivity index (χ1v) is 8.96. The van der Waals surface area contributed by atoms with E-state index in [1.54, 1.807) is 24.3 Å². The van der Waals surface area contributed by atoms with E-state index in [4.69, 9.17) is 10.5 Å². The number of amides is 4. The number of benzene rings is 2. The summed E-state index contributed by atoms with van der Waals surface area (Å²) in [4.78, 5) is 47.4. The lowest BCUT2D eigenvalue weighted by Gasteiger charge is -2.18. The number of hydrogen-bond acceptors (Lipinski definition) is 5. The predicted octanol–water partition coefficient (Wildman–Crippen LogP) is 1.15. The molecule has 5 N–H and O–H groups in total. The highest BCUT2D eigenvalue weighted by Gasteiger charge is 2.23. The van der Waals surface area contributed by atoms with Crippen molar-refractivity contribution in [1.82, 2.24) is 16.2 Å². The number of alkyl carbamates (subject to hydrolysis) is 1. The Hall–Kier alpha value is -3.95. The fourth-order valence-corrected chi connectivity index (χ4v) is 2.34. The Bertz CT molecular complexity index is 890. The number of carbonyl (C=O) groups is 4. The summed E-state index contributed by atoms with van der Waals surface area (Å²) >= 11 is 0. The van der Waals surface area contributed by atoms with Crippen molar-refractivity contribution in [3.63, 3.8) is 0 Å². The van der Waals surface area contributed by atoms with E-state index < -0.39 is 35.7 Å². The number of hydrazine groups is 1. The molecule has 158 valence electrons. The number of primary amides is 1. The van der Waals surface area contributed by atoms with Gasteiger partial charge in [0.2, 0.25) is 5.91 Å². The maximum atomic E-state index is 12.9. The number of nitrogens with two attached hydrogens (primary N) is 1. The monoisotopic (exact) mass is 416 g/mol. The average molecular weight is 416 g/mol. The van der Waals surface area contributed by atoms with E-state index in [0.29, 0.717) is 0 Å². The van der Waals surface area contributed by atoms with E-state index in [1.165, 1.54) is 12.1 Å². The number of nitrogens with one attached hydrogen (secondary N) is 3. The Labute approximate surface area is 171 Å². The standard InChI is InChI=1S/C20H21FN4O5/c21-15-8-6-14(7-9-15)18(27)24-25-19(28)16(10-11-17(22)26)23-20(29)30-12-13-4-2-1-3-5-13/h1-9,16H,10-12H2,(H2,22,26)(H,23,29)(H,24,27)(H,25,28)/t16-/m0/s1. The third-order valence-corrected chi connectivity index (χ3v) is 3.91. The van der Waals surface area contributed by atoms with Gasteiger partial charge in [-0.3, -0.25) is 25.2 Å². The van der Waals surface area contributed by atoms with Crippen LogP contribution in [0.15, 0.2) is 54.6 Å². The smallest absolute Gasteiger partial charge is 0.408 e. The van der Waals surface area contributed by atoms with E-state index in [2.05, 4.69) is 16.2 Å². The quantitative estimate of drug-likeness (QED) is 0.478. The molecular formula is C20H21FN4O5. The lowest BCUT2D eigenvalue weighted by Crippen LogP contribution is -2.52. The molecule has 0 saturated carbocycles. The van der Waals surface area contributed by atoms with Gasteiger partial charge in [-0.15, -0.1) is 0 Å². The van der Waals surface area contributed by atoms with Crippen LogP contribution in [-0.2, 0) is 20.9 Å². The number of halogens is 1. The molecule has 1 atom stereocenters. The Morgan fingerprint density at radius 2 is 1.63 bits per heavy atom. The second-order valence-electron chi connectivity index (χ2n) is 6.21. The molecule has 10 heteroatoms. The summed E-state index contributed by atoms with van der Waals surface area (Å²) in [5.74, 6) is -2.66. The molecule has 0 radical (unpaired) electrons. The Balaban J connectivity index is 1.90. The van der Waals surface area contributed by atoms with Crippen molar-refractivity contribution in [2.24, 2.45) is 5.73 Å². The molecule has 0 aromatic heterocycles. The molecule has 30 heavy (non-hydrogen) atoms.